The van der Waals surface area contributed by atoms with Gasteiger partial charge in [-0.2, -0.15) is 0 Å². The van der Waals surface area contributed by atoms with E-state index in [0.717, 1.165) is 29.2 Å². The average Bonchev–Trinajstić information content (AvgIpc) is 3.26. The van der Waals surface area contributed by atoms with E-state index in [1.165, 1.54) is 11.1 Å². The molecule has 0 aliphatic rings. The van der Waals surface area contributed by atoms with Crippen molar-refractivity contribution in [1.29, 1.82) is 0 Å². The van der Waals surface area contributed by atoms with Crippen molar-refractivity contribution >= 4 is 5.82 Å². The molecule has 0 aliphatic carbocycles. The zero-order chi connectivity index (χ0) is 17.9. The normalized spacial score (nSPS) is 11.0. The van der Waals surface area contributed by atoms with Gasteiger partial charge in [-0.15, -0.1) is 0 Å². The molecule has 4 aromatic rings. The van der Waals surface area contributed by atoms with E-state index in [9.17, 15) is 0 Å². The Kier molecular flexibility index (Phi) is 4.27. The van der Waals surface area contributed by atoms with Gasteiger partial charge in [-0.05, 0) is 42.3 Å². The molecule has 1 aromatic carbocycles. The summed E-state index contributed by atoms with van der Waals surface area (Å²) in [5.41, 5.74) is 9.75. The Labute approximate surface area is 151 Å². The molecule has 3 aromatic heterocycles. The van der Waals surface area contributed by atoms with Gasteiger partial charge in [0.15, 0.2) is 5.76 Å². The van der Waals surface area contributed by atoms with Crippen LogP contribution in [0.2, 0.25) is 0 Å². The quantitative estimate of drug-likeness (QED) is 0.580. The standard InChI is InChI=1S/C21H19N3O2/c1-14-2-8-19(25-14)11-16-5-3-15(4-6-16)10-18-12-20(26-24-18)17-7-9-21(22)23-13-17/h2-9,12-13H,10-11H2,1H3,(H2,22,23). The van der Waals surface area contributed by atoms with Crippen molar-refractivity contribution in [2.75, 3.05) is 5.73 Å². The number of rotatable bonds is 5. The van der Waals surface area contributed by atoms with Crippen LogP contribution in [0.15, 0.2) is 69.7 Å². The smallest absolute Gasteiger partial charge is 0.168 e. The second-order valence-electron chi connectivity index (χ2n) is 6.34. The lowest BCUT2D eigenvalue weighted by atomic mass is 10.0. The van der Waals surface area contributed by atoms with Gasteiger partial charge in [0.1, 0.15) is 17.3 Å². The number of anilines is 1. The van der Waals surface area contributed by atoms with E-state index in [0.29, 0.717) is 18.0 Å². The summed E-state index contributed by atoms with van der Waals surface area (Å²) in [6.45, 7) is 1.96. The Balaban J connectivity index is 1.43. The predicted octanol–water partition coefficient (Wildman–Crippen LogP) is 4.40. The van der Waals surface area contributed by atoms with Crippen LogP contribution in [0.1, 0.15) is 28.3 Å². The van der Waals surface area contributed by atoms with Crippen LogP contribution < -0.4 is 5.73 Å². The molecule has 0 saturated carbocycles. The largest absolute Gasteiger partial charge is 0.466 e. The van der Waals surface area contributed by atoms with Gasteiger partial charge in [-0.3, -0.25) is 0 Å². The second kappa shape index (κ2) is 6.88. The highest BCUT2D eigenvalue weighted by molar-refractivity contribution is 5.57. The maximum atomic E-state index is 5.63. The van der Waals surface area contributed by atoms with E-state index in [4.69, 9.17) is 14.7 Å². The number of nitrogen functional groups attached to an aromatic ring is 1. The Morgan fingerprint density at radius 2 is 1.69 bits per heavy atom. The Hall–Kier alpha value is -3.34. The summed E-state index contributed by atoms with van der Waals surface area (Å²) >= 11 is 0. The molecule has 0 atom stereocenters. The van der Waals surface area contributed by atoms with Gasteiger partial charge in [-0.1, -0.05) is 29.4 Å². The summed E-state index contributed by atoms with van der Waals surface area (Å²) in [6.07, 6.45) is 3.20. The monoisotopic (exact) mass is 345 g/mol. The first-order chi connectivity index (χ1) is 12.7. The lowest BCUT2D eigenvalue weighted by Gasteiger charge is -2.01. The van der Waals surface area contributed by atoms with Crippen LogP contribution in [0.4, 0.5) is 5.82 Å². The molecule has 0 spiro atoms. The summed E-state index contributed by atoms with van der Waals surface area (Å²) in [5.74, 6) is 3.10. The number of furan rings is 1. The van der Waals surface area contributed by atoms with Gasteiger partial charge in [0, 0.05) is 30.7 Å². The Morgan fingerprint density at radius 1 is 0.923 bits per heavy atom. The number of aryl methyl sites for hydroxylation is 1. The predicted molar refractivity (Wildman–Crippen MR) is 99.6 cm³/mol. The topological polar surface area (TPSA) is 78.1 Å². The molecule has 5 heteroatoms. The van der Waals surface area contributed by atoms with Crippen LogP contribution in [-0.4, -0.2) is 10.1 Å². The molecule has 2 N–H and O–H groups in total. The first-order valence-corrected chi connectivity index (χ1v) is 8.46. The van der Waals surface area contributed by atoms with Gasteiger partial charge in [0.25, 0.3) is 0 Å². The van der Waals surface area contributed by atoms with E-state index >= 15 is 0 Å². The van der Waals surface area contributed by atoms with Gasteiger partial charge in [0.05, 0.1) is 5.69 Å². The lowest BCUT2D eigenvalue weighted by molar-refractivity contribution is 0.425. The minimum absolute atomic E-state index is 0.485. The molecular weight excluding hydrogens is 326 g/mol. The van der Waals surface area contributed by atoms with Gasteiger partial charge < -0.3 is 14.7 Å². The Bertz CT molecular complexity index is 998. The molecule has 0 amide bonds. The van der Waals surface area contributed by atoms with E-state index in [1.807, 2.05) is 31.2 Å². The fourth-order valence-corrected chi connectivity index (χ4v) is 2.85. The molecule has 0 saturated heterocycles. The van der Waals surface area contributed by atoms with Crippen molar-refractivity contribution in [3.8, 4) is 11.3 Å². The number of nitrogens with two attached hydrogens (primary N) is 1. The SMILES string of the molecule is Cc1ccc(Cc2ccc(Cc3cc(-c4ccc(N)nc4)on3)cc2)o1. The van der Waals surface area contributed by atoms with Crippen LogP contribution in [-0.2, 0) is 12.8 Å². The molecule has 0 fully saturated rings. The molecule has 130 valence electrons. The number of aromatic nitrogens is 2. The zero-order valence-electron chi connectivity index (χ0n) is 14.5. The van der Waals surface area contributed by atoms with E-state index in [1.54, 1.807) is 12.3 Å². The Morgan fingerprint density at radius 3 is 2.35 bits per heavy atom. The molecular formula is C21H19N3O2. The third-order valence-electron chi connectivity index (χ3n) is 4.21. The minimum Gasteiger partial charge on any atom is -0.466 e. The fourth-order valence-electron chi connectivity index (χ4n) is 2.85. The second-order valence-corrected chi connectivity index (χ2v) is 6.34. The molecule has 0 aliphatic heterocycles. The number of hydrogen-bond donors (Lipinski definition) is 1. The lowest BCUT2D eigenvalue weighted by Crippen LogP contribution is -1.90. The molecule has 0 bridgehead atoms. The van der Waals surface area contributed by atoms with Crippen molar-refractivity contribution in [2.24, 2.45) is 0 Å². The van der Waals surface area contributed by atoms with Crippen molar-refractivity contribution in [3.05, 3.63) is 89.1 Å². The first kappa shape index (κ1) is 16.1. The zero-order valence-corrected chi connectivity index (χ0v) is 14.5. The number of hydrogen-bond acceptors (Lipinski definition) is 5. The van der Waals surface area contributed by atoms with Crippen LogP contribution in [0, 0.1) is 6.92 Å². The summed E-state index contributed by atoms with van der Waals surface area (Å²) in [7, 11) is 0. The fraction of sp³-hybridized carbons (Fsp3) is 0.143. The highest BCUT2D eigenvalue weighted by Crippen LogP contribution is 2.22. The highest BCUT2D eigenvalue weighted by Gasteiger charge is 2.08. The molecule has 26 heavy (non-hydrogen) atoms. The number of nitrogens with zero attached hydrogens (tertiary/aromatic N) is 2. The third-order valence-corrected chi connectivity index (χ3v) is 4.21. The van der Waals surface area contributed by atoms with Gasteiger partial charge in [0.2, 0.25) is 0 Å². The molecule has 3 heterocycles. The van der Waals surface area contributed by atoms with E-state index in [-0.39, 0.29) is 0 Å². The molecule has 5 nitrogen and oxygen atoms in total. The maximum absolute atomic E-state index is 5.63. The summed E-state index contributed by atoms with van der Waals surface area (Å²) < 4.78 is 11.1. The minimum atomic E-state index is 0.485. The first-order valence-electron chi connectivity index (χ1n) is 8.46. The maximum Gasteiger partial charge on any atom is 0.168 e. The van der Waals surface area contributed by atoms with Crippen molar-refractivity contribution < 1.29 is 8.94 Å². The van der Waals surface area contributed by atoms with Crippen molar-refractivity contribution in [3.63, 3.8) is 0 Å². The summed E-state index contributed by atoms with van der Waals surface area (Å²) in [6, 6.07) is 18.0. The van der Waals surface area contributed by atoms with E-state index < -0.39 is 0 Å². The molecule has 4 rings (SSSR count). The van der Waals surface area contributed by atoms with E-state index in [2.05, 4.69) is 34.4 Å². The highest BCUT2D eigenvalue weighted by atomic mass is 16.5. The number of pyridine rings is 1. The molecule has 0 radical (unpaired) electrons. The number of benzene rings is 1. The van der Waals surface area contributed by atoms with Crippen LogP contribution in [0.5, 0.6) is 0 Å². The van der Waals surface area contributed by atoms with Crippen LogP contribution in [0.25, 0.3) is 11.3 Å². The summed E-state index contributed by atoms with van der Waals surface area (Å²) in [5, 5.41) is 4.15. The molecule has 0 unspecified atom stereocenters. The van der Waals surface area contributed by atoms with Crippen molar-refractivity contribution in [1.82, 2.24) is 10.1 Å². The van der Waals surface area contributed by atoms with Crippen LogP contribution >= 0.6 is 0 Å². The summed E-state index contributed by atoms with van der Waals surface area (Å²) in [4.78, 5) is 4.08. The van der Waals surface area contributed by atoms with Crippen molar-refractivity contribution in [2.45, 2.75) is 19.8 Å². The van der Waals surface area contributed by atoms with Crippen LogP contribution in [0.3, 0.4) is 0 Å². The third kappa shape index (κ3) is 3.67. The average molecular weight is 345 g/mol. The van der Waals surface area contributed by atoms with Gasteiger partial charge >= 0.3 is 0 Å². The van der Waals surface area contributed by atoms with Gasteiger partial charge in [-0.25, -0.2) is 4.98 Å².